The average Bonchev–Trinajstić information content (AvgIpc) is 2.61. The van der Waals surface area contributed by atoms with Gasteiger partial charge >= 0.3 is 0 Å². The zero-order valence-electron chi connectivity index (χ0n) is 15.8. The fourth-order valence-electron chi connectivity index (χ4n) is 2.63. The third kappa shape index (κ3) is 5.67. The van der Waals surface area contributed by atoms with Gasteiger partial charge in [-0.3, -0.25) is 4.79 Å². The van der Waals surface area contributed by atoms with Crippen LogP contribution in [0.1, 0.15) is 36.5 Å². The zero-order chi connectivity index (χ0) is 19.1. The van der Waals surface area contributed by atoms with E-state index in [0.717, 1.165) is 27.5 Å². The zero-order valence-corrected chi connectivity index (χ0v) is 16.5. The molecule has 0 atom stereocenters. The van der Waals surface area contributed by atoms with E-state index in [9.17, 15) is 4.79 Å². The number of aryl methyl sites for hydroxylation is 2. The maximum atomic E-state index is 11.9. The second kappa shape index (κ2) is 9.48. The molecule has 0 saturated carbocycles. The van der Waals surface area contributed by atoms with Crippen LogP contribution in [0.3, 0.4) is 0 Å². The fraction of sp³-hybridized carbons (Fsp3) is 0.381. The standard InChI is InChI=1S/C21H26ClNO3/c1-14(2)18-7-5-6-8-19(18)25-10-9-23-20(24)13-26-17-11-15(3)21(22)16(4)12-17/h5-8,11-12,14H,9-10,13H2,1-4H3,(H,23,24). The number of benzene rings is 2. The number of carbonyl (C=O) groups is 1. The first-order valence-electron chi connectivity index (χ1n) is 8.76. The summed E-state index contributed by atoms with van der Waals surface area (Å²) in [7, 11) is 0. The number of nitrogens with one attached hydrogen (secondary N) is 1. The van der Waals surface area contributed by atoms with Gasteiger partial charge in [0.2, 0.25) is 0 Å². The quantitative estimate of drug-likeness (QED) is 0.683. The first-order chi connectivity index (χ1) is 12.4. The van der Waals surface area contributed by atoms with Crippen LogP contribution in [-0.2, 0) is 4.79 Å². The van der Waals surface area contributed by atoms with Crippen LogP contribution in [0.4, 0.5) is 0 Å². The lowest BCUT2D eigenvalue weighted by Gasteiger charge is -2.14. The number of para-hydroxylation sites is 1. The Morgan fingerprint density at radius 2 is 1.77 bits per heavy atom. The van der Waals surface area contributed by atoms with Crippen LogP contribution in [0.2, 0.25) is 5.02 Å². The summed E-state index contributed by atoms with van der Waals surface area (Å²) in [5.74, 6) is 1.71. The van der Waals surface area contributed by atoms with Gasteiger partial charge in [0.05, 0.1) is 6.54 Å². The molecule has 0 aromatic heterocycles. The number of rotatable bonds is 8. The number of halogens is 1. The van der Waals surface area contributed by atoms with Gasteiger partial charge in [-0.15, -0.1) is 0 Å². The molecule has 4 nitrogen and oxygen atoms in total. The van der Waals surface area contributed by atoms with Crippen molar-refractivity contribution in [3.63, 3.8) is 0 Å². The summed E-state index contributed by atoms with van der Waals surface area (Å²) in [4.78, 5) is 11.9. The average molecular weight is 376 g/mol. The van der Waals surface area contributed by atoms with E-state index in [1.54, 1.807) is 0 Å². The molecule has 26 heavy (non-hydrogen) atoms. The third-order valence-corrected chi connectivity index (χ3v) is 4.60. The van der Waals surface area contributed by atoms with Crippen molar-refractivity contribution >= 4 is 17.5 Å². The van der Waals surface area contributed by atoms with Crippen molar-refractivity contribution < 1.29 is 14.3 Å². The molecule has 1 N–H and O–H groups in total. The summed E-state index contributed by atoms with van der Waals surface area (Å²) in [5.41, 5.74) is 3.02. The highest BCUT2D eigenvalue weighted by molar-refractivity contribution is 6.32. The van der Waals surface area contributed by atoms with Crippen LogP contribution in [-0.4, -0.2) is 25.7 Å². The number of hydrogen-bond donors (Lipinski definition) is 1. The van der Waals surface area contributed by atoms with E-state index in [0.29, 0.717) is 24.8 Å². The van der Waals surface area contributed by atoms with Gasteiger partial charge < -0.3 is 14.8 Å². The second-order valence-electron chi connectivity index (χ2n) is 6.55. The van der Waals surface area contributed by atoms with Gasteiger partial charge in [0.15, 0.2) is 6.61 Å². The third-order valence-electron chi connectivity index (χ3n) is 4.00. The molecule has 0 aliphatic rings. The molecule has 0 aliphatic heterocycles. The normalized spacial score (nSPS) is 10.7. The molecule has 1 amide bonds. The maximum absolute atomic E-state index is 11.9. The summed E-state index contributed by atoms with van der Waals surface area (Å²) in [6.07, 6.45) is 0. The molecule has 0 bridgehead atoms. The van der Waals surface area contributed by atoms with E-state index in [1.807, 2.05) is 44.2 Å². The molecule has 5 heteroatoms. The molecule has 0 fully saturated rings. The Morgan fingerprint density at radius 1 is 1.12 bits per heavy atom. The van der Waals surface area contributed by atoms with Gasteiger partial charge in [0.1, 0.15) is 18.1 Å². The first kappa shape index (κ1) is 20.1. The van der Waals surface area contributed by atoms with Crippen LogP contribution in [0.5, 0.6) is 11.5 Å². The molecule has 0 radical (unpaired) electrons. The maximum Gasteiger partial charge on any atom is 0.258 e. The number of amides is 1. The van der Waals surface area contributed by atoms with Gasteiger partial charge in [-0.1, -0.05) is 43.6 Å². The highest BCUT2D eigenvalue weighted by atomic mass is 35.5. The molecular formula is C21H26ClNO3. The van der Waals surface area contributed by atoms with Crippen molar-refractivity contribution in [2.75, 3.05) is 19.8 Å². The van der Waals surface area contributed by atoms with E-state index >= 15 is 0 Å². The van der Waals surface area contributed by atoms with E-state index in [2.05, 4.69) is 25.2 Å². The molecule has 2 aromatic rings. The number of ether oxygens (including phenoxy) is 2. The van der Waals surface area contributed by atoms with Crippen molar-refractivity contribution in [1.29, 1.82) is 0 Å². The van der Waals surface area contributed by atoms with E-state index < -0.39 is 0 Å². The first-order valence-corrected chi connectivity index (χ1v) is 9.14. The molecule has 2 rings (SSSR count). The molecule has 0 saturated heterocycles. The molecule has 0 spiro atoms. The van der Waals surface area contributed by atoms with Crippen LogP contribution in [0.15, 0.2) is 36.4 Å². The number of hydrogen-bond acceptors (Lipinski definition) is 3. The van der Waals surface area contributed by atoms with Crippen molar-refractivity contribution in [2.24, 2.45) is 0 Å². The minimum atomic E-state index is -0.184. The molecular weight excluding hydrogens is 350 g/mol. The summed E-state index contributed by atoms with van der Waals surface area (Å²) in [6.45, 7) is 8.87. The largest absolute Gasteiger partial charge is 0.491 e. The van der Waals surface area contributed by atoms with Crippen LogP contribution in [0.25, 0.3) is 0 Å². The van der Waals surface area contributed by atoms with E-state index in [-0.39, 0.29) is 12.5 Å². The lowest BCUT2D eigenvalue weighted by molar-refractivity contribution is -0.123. The van der Waals surface area contributed by atoms with Crippen molar-refractivity contribution in [1.82, 2.24) is 5.32 Å². The predicted octanol–water partition coefficient (Wildman–Crippen LogP) is 4.65. The van der Waals surface area contributed by atoms with Gasteiger partial charge in [-0.25, -0.2) is 0 Å². The molecule has 0 heterocycles. The summed E-state index contributed by atoms with van der Waals surface area (Å²) < 4.78 is 11.3. The minimum Gasteiger partial charge on any atom is -0.491 e. The molecule has 0 aliphatic carbocycles. The van der Waals surface area contributed by atoms with Gasteiger partial charge in [0, 0.05) is 5.02 Å². The lowest BCUT2D eigenvalue weighted by Crippen LogP contribution is -2.32. The highest BCUT2D eigenvalue weighted by Crippen LogP contribution is 2.26. The van der Waals surface area contributed by atoms with Crippen molar-refractivity contribution in [2.45, 2.75) is 33.6 Å². The van der Waals surface area contributed by atoms with E-state index in [4.69, 9.17) is 21.1 Å². The molecule has 2 aromatic carbocycles. The smallest absolute Gasteiger partial charge is 0.258 e. The predicted molar refractivity (Wildman–Crippen MR) is 105 cm³/mol. The topological polar surface area (TPSA) is 47.6 Å². The monoisotopic (exact) mass is 375 g/mol. The van der Waals surface area contributed by atoms with Gasteiger partial charge in [-0.05, 0) is 54.7 Å². The van der Waals surface area contributed by atoms with Gasteiger partial charge in [0.25, 0.3) is 5.91 Å². The summed E-state index contributed by atoms with van der Waals surface area (Å²) >= 11 is 6.13. The SMILES string of the molecule is Cc1cc(OCC(=O)NCCOc2ccccc2C(C)C)cc(C)c1Cl. The second-order valence-corrected chi connectivity index (χ2v) is 6.93. The highest BCUT2D eigenvalue weighted by Gasteiger charge is 2.08. The van der Waals surface area contributed by atoms with Gasteiger partial charge in [-0.2, -0.15) is 0 Å². The Labute approximate surface area is 160 Å². The van der Waals surface area contributed by atoms with Crippen molar-refractivity contribution in [3.05, 3.63) is 58.1 Å². The fourth-order valence-corrected chi connectivity index (χ4v) is 2.74. The number of carbonyl (C=O) groups excluding carboxylic acids is 1. The Hall–Kier alpha value is -2.20. The van der Waals surface area contributed by atoms with Crippen molar-refractivity contribution in [3.8, 4) is 11.5 Å². The molecule has 0 unspecified atom stereocenters. The Balaban J connectivity index is 1.74. The Kier molecular flexibility index (Phi) is 7.34. The lowest BCUT2D eigenvalue weighted by atomic mass is 10.0. The Morgan fingerprint density at radius 3 is 2.42 bits per heavy atom. The van der Waals surface area contributed by atoms with Crippen LogP contribution >= 0.6 is 11.6 Å². The minimum absolute atomic E-state index is 0.0386. The Bertz CT molecular complexity index is 736. The van der Waals surface area contributed by atoms with Crippen LogP contribution < -0.4 is 14.8 Å². The van der Waals surface area contributed by atoms with Crippen LogP contribution in [0, 0.1) is 13.8 Å². The summed E-state index contributed by atoms with van der Waals surface area (Å²) in [5, 5.41) is 3.52. The molecule has 140 valence electrons. The summed E-state index contributed by atoms with van der Waals surface area (Å²) in [6, 6.07) is 11.6. The van der Waals surface area contributed by atoms with E-state index in [1.165, 1.54) is 0 Å².